The average molecular weight is 531 g/mol. The Morgan fingerprint density at radius 2 is 1.79 bits per heavy atom. The Balaban J connectivity index is 0.000000316. The molecule has 8 nitrogen and oxygen atoms in total. The van der Waals surface area contributed by atoms with Crippen molar-refractivity contribution >= 4 is 28.7 Å². The molecule has 1 spiro atoms. The van der Waals surface area contributed by atoms with Gasteiger partial charge in [-0.05, 0) is 95.6 Å². The van der Waals surface area contributed by atoms with E-state index in [2.05, 4.69) is 40.3 Å². The number of urea groups is 1. The van der Waals surface area contributed by atoms with E-state index in [0.29, 0.717) is 30.8 Å². The van der Waals surface area contributed by atoms with Crippen molar-refractivity contribution in [2.45, 2.75) is 76.7 Å². The first-order valence-electron chi connectivity index (χ1n) is 14.0. The van der Waals surface area contributed by atoms with Gasteiger partial charge in [0, 0.05) is 37.0 Å². The molecule has 1 saturated carbocycles. The van der Waals surface area contributed by atoms with Crippen LogP contribution in [0.25, 0.3) is 11.0 Å². The Morgan fingerprint density at radius 3 is 2.39 bits per heavy atom. The number of amides is 3. The highest BCUT2D eigenvalue weighted by Gasteiger charge is 2.38. The minimum absolute atomic E-state index is 0.0556. The number of imide groups is 1. The van der Waals surface area contributed by atoms with Gasteiger partial charge in [0.2, 0.25) is 5.91 Å². The van der Waals surface area contributed by atoms with Crippen LogP contribution in [0.1, 0.15) is 69.4 Å². The molecule has 3 saturated heterocycles. The Hall–Kier alpha value is -2.59. The van der Waals surface area contributed by atoms with Gasteiger partial charge in [0.05, 0.1) is 18.4 Å². The highest BCUT2D eigenvalue weighted by atomic mass is 19.3. The van der Waals surface area contributed by atoms with Gasteiger partial charge in [0.15, 0.2) is 0 Å². The van der Waals surface area contributed by atoms with E-state index in [-0.39, 0.29) is 24.9 Å². The Morgan fingerprint density at radius 1 is 1.05 bits per heavy atom. The molecule has 3 amide bonds. The number of nitrogens with zero attached hydrogens (tertiary/aromatic N) is 4. The zero-order valence-corrected chi connectivity index (χ0v) is 22.6. The van der Waals surface area contributed by atoms with Crippen LogP contribution in [-0.2, 0) is 4.79 Å². The van der Waals surface area contributed by atoms with Crippen LogP contribution in [0.3, 0.4) is 0 Å². The second-order valence-electron chi connectivity index (χ2n) is 11.7. The van der Waals surface area contributed by atoms with Gasteiger partial charge in [-0.15, -0.1) is 0 Å². The number of nitrogens with one attached hydrogen (secondary N) is 2. The third-order valence-electron chi connectivity index (χ3n) is 8.96. The molecular weight excluding hydrogens is 490 g/mol. The zero-order chi connectivity index (χ0) is 26.9. The van der Waals surface area contributed by atoms with Crippen molar-refractivity contribution in [2.24, 2.45) is 5.41 Å². The monoisotopic (exact) mass is 530 g/mol. The van der Waals surface area contributed by atoms with Gasteiger partial charge < -0.3 is 14.8 Å². The largest absolute Gasteiger partial charge is 0.329 e. The summed E-state index contributed by atoms with van der Waals surface area (Å²) in [5, 5.41) is 6.11. The molecule has 3 aliphatic heterocycles. The SMILES string of the molecule is Cc1cn(C2CCC3(CC2)CCN(C)CC3)c2ncc(N3CCC(=O)NC3=O)cc12.FC1(F)CCCNC1. The first kappa shape index (κ1) is 27.0. The van der Waals surface area contributed by atoms with Crippen molar-refractivity contribution < 1.29 is 18.4 Å². The fourth-order valence-electron chi connectivity index (χ4n) is 6.44. The summed E-state index contributed by atoms with van der Waals surface area (Å²) in [7, 11) is 2.23. The summed E-state index contributed by atoms with van der Waals surface area (Å²) in [6.45, 7) is 5.60. The molecule has 0 atom stereocenters. The van der Waals surface area contributed by atoms with Crippen molar-refractivity contribution in [3.8, 4) is 0 Å². The zero-order valence-electron chi connectivity index (χ0n) is 22.6. The number of piperidine rings is 2. The number of anilines is 1. The fraction of sp³-hybridized carbons (Fsp3) is 0.679. The number of alkyl halides is 2. The van der Waals surface area contributed by atoms with Crippen LogP contribution in [0, 0.1) is 12.3 Å². The van der Waals surface area contributed by atoms with E-state index in [1.807, 2.05) is 6.07 Å². The highest BCUT2D eigenvalue weighted by molar-refractivity contribution is 6.06. The Bertz CT molecular complexity index is 1160. The second kappa shape index (κ2) is 10.9. The first-order chi connectivity index (χ1) is 18.1. The second-order valence-corrected chi connectivity index (χ2v) is 11.7. The standard InChI is InChI=1S/C23H31N5O2.C5H9F2N/c1-16-15-28(17-3-6-23(7-4-17)8-11-26(2)12-9-23)21-19(16)13-18(14-24-21)27-10-5-20(29)25-22(27)30;6-5(7)2-1-3-8-4-5/h13-15,17H,3-12H2,1-2H3,(H,25,29,30);8H,1-4H2. The number of carbonyl (C=O) groups excluding carboxylic acids is 2. The summed E-state index contributed by atoms with van der Waals surface area (Å²) in [4.78, 5) is 32.5. The van der Waals surface area contributed by atoms with Crippen LogP contribution >= 0.6 is 0 Å². The van der Waals surface area contributed by atoms with Crippen molar-refractivity contribution in [1.82, 2.24) is 25.1 Å². The summed E-state index contributed by atoms with van der Waals surface area (Å²) < 4.78 is 26.7. The van der Waals surface area contributed by atoms with E-state index in [1.165, 1.54) is 57.2 Å². The Kier molecular flexibility index (Phi) is 7.73. The maximum atomic E-state index is 12.2. The molecular formula is C28H40F2N6O2. The summed E-state index contributed by atoms with van der Waals surface area (Å²) in [5.74, 6) is -2.65. The van der Waals surface area contributed by atoms with Gasteiger partial charge in [0.1, 0.15) is 5.65 Å². The topological polar surface area (TPSA) is 82.5 Å². The van der Waals surface area contributed by atoms with Gasteiger partial charge in [0.25, 0.3) is 5.92 Å². The number of hydrogen-bond donors (Lipinski definition) is 2. The van der Waals surface area contributed by atoms with Crippen molar-refractivity contribution in [2.75, 3.05) is 44.7 Å². The molecule has 0 bridgehead atoms. The molecule has 2 aromatic rings. The number of halogens is 2. The van der Waals surface area contributed by atoms with E-state index in [4.69, 9.17) is 4.98 Å². The molecule has 10 heteroatoms. The normalized spacial score (nSPS) is 24.3. The van der Waals surface area contributed by atoms with E-state index in [9.17, 15) is 18.4 Å². The lowest BCUT2D eigenvalue weighted by atomic mass is 9.67. The van der Waals surface area contributed by atoms with Crippen LogP contribution < -0.4 is 15.5 Å². The van der Waals surface area contributed by atoms with Gasteiger partial charge in [-0.2, -0.15) is 0 Å². The summed E-state index contributed by atoms with van der Waals surface area (Å²) in [6, 6.07) is 2.19. The number of pyridine rings is 1. The number of aryl methyl sites for hydroxylation is 1. The number of hydrogen-bond acceptors (Lipinski definition) is 5. The number of likely N-dealkylation sites (tertiary alicyclic amines) is 1. The van der Waals surface area contributed by atoms with E-state index in [1.54, 1.807) is 11.1 Å². The molecule has 0 radical (unpaired) electrons. The highest BCUT2D eigenvalue weighted by Crippen LogP contribution is 2.48. The van der Waals surface area contributed by atoms with Crippen LogP contribution in [-0.4, -0.2) is 72.1 Å². The maximum absolute atomic E-state index is 12.2. The smallest absolute Gasteiger partial charge is 0.328 e. The molecule has 5 heterocycles. The lowest BCUT2D eigenvalue weighted by Crippen LogP contribution is -2.49. The third-order valence-corrected chi connectivity index (χ3v) is 8.96. The van der Waals surface area contributed by atoms with Gasteiger partial charge >= 0.3 is 6.03 Å². The first-order valence-corrected chi connectivity index (χ1v) is 14.0. The number of rotatable bonds is 2. The molecule has 2 aromatic heterocycles. The molecule has 0 unspecified atom stereocenters. The van der Waals surface area contributed by atoms with Gasteiger partial charge in [-0.25, -0.2) is 18.6 Å². The maximum Gasteiger partial charge on any atom is 0.328 e. The van der Waals surface area contributed by atoms with Gasteiger partial charge in [-0.1, -0.05) is 0 Å². The molecule has 4 fully saturated rings. The number of carbonyl (C=O) groups is 2. The molecule has 6 rings (SSSR count). The summed E-state index contributed by atoms with van der Waals surface area (Å²) in [5.41, 5.74) is 3.50. The molecule has 208 valence electrons. The predicted octanol–water partition coefficient (Wildman–Crippen LogP) is 4.62. The lowest BCUT2D eigenvalue weighted by Gasteiger charge is -2.45. The van der Waals surface area contributed by atoms with Crippen LogP contribution in [0.5, 0.6) is 0 Å². The van der Waals surface area contributed by atoms with Crippen molar-refractivity contribution in [3.05, 3.63) is 24.0 Å². The van der Waals surface area contributed by atoms with Crippen molar-refractivity contribution in [1.29, 1.82) is 0 Å². The quantitative estimate of drug-likeness (QED) is 0.592. The summed E-state index contributed by atoms with van der Waals surface area (Å²) in [6.07, 6.45) is 12.7. The van der Waals surface area contributed by atoms with E-state index < -0.39 is 5.92 Å². The van der Waals surface area contributed by atoms with Crippen LogP contribution in [0.4, 0.5) is 19.3 Å². The number of aromatic nitrogens is 2. The van der Waals surface area contributed by atoms with Gasteiger partial charge in [-0.3, -0.25) is 15.0 Å². The fourth-order valence-corrected chi connectivity index (χ4v) is 6.44. The van der Waals surface area contributed by atoms with E-state index in [0.717, 1.165) is 23.3 Å². The van der Waals surface area contributed by atoms with Crippen LogP contribution in [0.2, 0.25) is 0 Å². The Labute approximate surface area is 223 Å². The minimum atomic E-state index is -2.43. The van der Waals surface area contributed by atoms with Crippen LogP contribution in [0.15, 0.2) is 18.5 Å². The summed E-state index contributed by atoms with van der Waals surface area (Å²) >= 11 is 0. The third kappa shape index (κ3) is 5.86. The number of fused-ring (bicyclic) bond motifs is 1. The molecule has 0 aromatic carbocycles. The molecule has 38 heavy (non-hydrogen) atoms. The molecule has 4 aliphatic rings. The molecule has 2 N–H and O–H groups in total. The predicted molar refractivity (Wildman–Crippen MR) is 144 cm³/mol. The van der Waals surface area contributed by atoms with E-state index >= 15 is 0 Å². The lowest BCUT2D eigenvalue weighted by molar-refractivity contribution is -0.120. The molecule has 1 aliphatic carbocycles. The minimum Gasteiger partial charge on any atom is -0.329 e. The average Bonchev–Trinajstić information content (AvgIpc) is 3.22. The van der Waals surface area contributed by atoms with Crippen molar-refractivity contribution in [3.63, 3.8) is 0 Å².